The molecule has 0 aromatic heterocycles. The molecular weight excluding hydrogens is 488 g/mol. The lowest BCUT2D eigenvalue weighted by molar-refractivity contribution is -0.139. The lowest BCUT2D eigenvalue weighted by Gasteiger charge is -2.25. The summed E-state index contributed by atoms with van der Waals surface area (Å²) in [6, 6.07) is 13.7. The molecule has 2 aromatic carbocycles. The van der Waals surface area contributed by atoms with Crippen molar-refractivity contribution in [2.45, 2.75) is 56.7 Å². The van der Waals surface area contributed by atoms with Crippen molar-refractivity contribution in [3.8, 4) is 5.75 Å². The Morgan fingerprint density at radius 1 is 1.05 bits per heavy atom. The van der Waals surface area contributed by atoms with Gasteiger partial charge >= 0.3 is 12.0 Å². The van der Waals surface area contributed by atoms with Gasteiger partial charge in [0.15, 0.2) is 0 Å². The lowest BCUT2D eigenvalue weighted by atomic mass is 10.0. The summed E-state index contributed by atoms with van der Waals surface area (Å²) in [5, 5.41) is 17.7. The SMILES string of the molecule is NCCCC[C@H](NC(=O)N[C@@H]1Cc2ccc(cc2)OCCCCOC[C@H](c2ccccc2)NC1=O)C(=O)O. The van der Waals surface area contributed by atoms with Gasteiger partial charge in [0.2, 0.25) is 5.91 Å². The number of hydrogen-bond acceptors (Lipinski definition) is 6. The largest absolute Gasteiger partial charge is 0.494 e. The second-order valence-corrected chi connectivity index (χ2v) is 9.30. The summed E-state index contributed by atoms with van der Waals surface area (Å²) in [4.78, 5) is 38.0. The maximum absolute atomic E-state index is 13.5. The highest BCUT2D eigenvalue weighted by Crippen LogP contribution is 2.17. The number of hydrogen-bond donors (Lipinski definition) is 5. The van der Waals surface area contributed by atoms with Gasteiger partial charge in [0.1, 0.15) is 17.8 Å². The molecular formula is C28H38N4O6. The van der Waals surface area contributed by atoms with Crippen LogP contribution in [0.25, 0.3) is 0 Å². The Kier molecular flexibility index (Phi) is 11.9. The van der Waals surface area contributed by atoms with Gasteiger partial charge in [0, 0.05) is 13.0 Å². The van der Waals surface area contributed by atoms with Gasteiger partial charge in [-0.1, -0.05) is 42.5 Å². The van der Waals surface area contributed by atoms with E-state index in [1.165, 1.54) is 0 Å². The summed E-state index contributed by atoms with van der Waals surface area (Å²) in [7, 11) is 0. The molecule has 38 heavy (non-hydrogen) atoms. The molecule has 2 heterocycles. The number of aliphatic carboxylic acids is 1. The zero-order chi connectivity index (χ0) is 27.2. The molecule has 0 saturated carbocycles. The Balaban J connectivity index is 1.79. The van der Waals surface area contributed by atoms with Crippen molar-refractivity contribution < 1.29 is 29.0 Å². The van der Waals surface area contributed by atoms with Crippen molar-refractivity contribution in [3.05, 3.63) is 65.7 Å². The molecule has 6 N–H and O–H groups in total. The molecule has 2 aliphatic heterocycles. The van der Waals surface area contributed by atoms with E-state index in [1.807, 2.05) is 54.6 Å². The van der Waals surface area contributed by atoms with Gasteiger partial charge in [-0.15, -0.1) is 0 Å². The molecule has 0 saturated heterocycles. The minimum Gasteiger partial charge on any atom is -0.494 e. The van der Waals surface area contributed by atoms with E-state index in [4.69, 9.17) is 15.2 Å². The fraction of sp³-hybridized carbons (Fsp3) is 0.464. The van der Waals surface area contributed by atoms with Crippen molar-refractivity contribution in [2.75, 3.05) is 26.4 Å². The zero-order valence-corrected chi connectivity index (χ0v) is 21.6. The number of nitrogens with one attached hydrogen (secondary N) is 3. The normalized spacial score (nSPS) is 19.6. The number of carbonyl (C=O) groups is 3. The summed E-state index contributed by atoms with van der Waals surface area (Å²) in [6.45, 7) is 1.80. The van der Waals surface area contributed by atoms with E-state index in [-0.39, 0.29) is 19.4 Å². The maximum Gasteiger partial charge on any atom is 0.326 e. The van der Waals surface area contributed by atoms with Gasteiger partial charge in [-0.25, -0.2) is 9.59 Å². The van der Waals surface area contributed by atoms with E-state index in [0.29, 0.717) is 32.6 Å². The van der Waals surface area contributed by atoms with Crippen molar-refractivity contribution in [3.63, 3.8) is 0 Å². The molecule has 3 amide bonds. The highest BCUT2D eigenvalue weighted by molar-refractivity contribution is 5.89. The highest BCUT2D eigenvalue weighted by atomic mass is 16.5. The molecule has 3 atom stereocenters. The Labute approximate surface area is 223 Å². The van der Waals surface area contributed by atoms with Crippen LogP contribution in [0.5, 0.6) is 5.75 Å². The third kappa shape index (κ3) is 9.68. The van der Waals surface area contributed by atoms with E-state index in [0.717, 1.165) is 29.7 Å². The smallest absolute Gasteiger partial charge is 0.326 e. The predicted molar refractivity (Wildman–Crippen MR) is 143 cm³/mol. The van der Waals surface area contributed by atoms with Crippen LogP contribution in [-0.2, 0) is 20.7 Å². The van der Waals surface area contributed by atoms with Crippen molar-refractivity contribution in [1.29, 1.82) is 0 Å². The predicted octanol–water partition coefficient (Wildman–Crippen LogP) is 2.53. The topological polar surface area (TPSA) is 152 Å². The van der Waals surface area contributed by atoms with E-state index < -0.39 is 36.0 Å². The van der Waals surface area contributed by atoms with Crippen LogP contribution in [-0.4, -0.2) is 61.5 Å². The second kappa shape index (κ2) is 15.6. The summed E-state index contributed by atoms with van der Waals surface area (Å²) in [6.07, 6.45) is 3.31. The fourth-order valence-corrected chi connectivity index (χ4v) is 4.15. The number of rotatable bonds is 8. The van der Waals surface area contributed by atoms with Crippen LogP contribution in [0.15, 0.2) is 54.6 Å². The van der Waals surface area contributed by atoms with Gasteiger partial charge in [0.25, 0.3) is 0 Å². The Bertz CT molecular complexity index is 1020. The van der Waals surface area contributed by atoms with E-state index in [9.17, 15) is 19.5 Å². The number of unbranched alkanes of at least 4 members (excludes halogenated alkanes) is 1. The molecule has 0 aliphatic carbocycles. The molecule has 2 aromatic rings. The van der Waals surface area contributed by atoms with Crippen LogP contribution < -0.4 is 26.4 Å². The standard InChI is InChI=1S/C28H38N4O6/c29-15-5-4-10-23(27(34)35)31-28(36)32-24-18-20-11-13-22(14-12-20)38-17-7-6-16-37-19-25(30-26(24)33)21-8-2-1-3-9-21/h1-3,8-9,11-14,23-25H,4-7,10,15-19,29H2,(H,30,33)(H,34,35)(H2,31,32,36)/t23-,24+,25+/m0/s1. The van der Waals surface area contributed by atoms with Gasteiger partial charge in [0.05, 0.1) is 19.3 Å². The highest BCUT2D eigenvalue weighted by Gasteiger charge is 2.27. The van der Waals surface area contributed by atoms with Gasteiger partial charge in [-0.2, -0.15) is 0 Å². The minimum atomic E-state index is -1.14. The number of benzene rings is 2. The first kappa shape index (κ1) is 28.9. The number of fused-ring (bicyclic) bond motifs is 13. The van der Waals surface area contributed by atoms with Gasteiger partial charge < -0.3 is 36.3 Å². The number of carbonyl (C=O) groups excluding carboxylic acids is 2. The van der Waals surface area contributed by atoms with Gasteiger partial charge in [-0.3, -0.25) is 4.79 Å². The average Bonchev–Trinajstić information content (AvgIpc) is 2.91. The number of amides is 3. The van der Waals surface area contributed by atoms with Gasteiger partial charge in [-0.05, 0) is 61.9 Å². The van der Waals surface area contributed by atoms with Crippen molar-refractivity contribution in [1.82, 2.24) is 16.0 Å². The average molecular weight is 527 g/mol. The van der Waals surface area contributed by atoms with Crippen LogP contribution in [0.2, 0.25) is 0 Å². The molecule has 0 spiro atoms. The molecule has 4 rings (SSSR count). The van der Waals surface area contributed by atoms with E-state index in [2.05, 4.69) is 16.0 Å². The first-order chi connectivity index (χ1) is 18.5. The number of urea groups is 1. The molecule has 10 heteroatoms. The van der Waals surface area contributed by atoms with Crippen LogP contribution in [0.3, 0.4) is 0 Å². The second-order valence-electron chi connectivity index (χ2n) is 9.30. The number of carboxylic acid groups (broad SMARTS) is 1. The summed E-state index contributed by atoms with van der Waals surface area (Å²) in [5.41, 5.74) is 7.19. The maximum atomic E-state index is 13.5. The van der Waals surface area contributed by atoms with Crippen molar-refractivity contribution >= 4 is 17.9 Å². The molecule has 0 fully saturated rings. The molecule has 2 aliphatic rings. The third-order valence-corrected chi connectivity index (χ3v) is 6.29. The Morgan fingerprint density at radius 2 is 1.79 bits per heavy atom. The molecule has 2 bridgehead atoms. The Hall–Kier alpha value is -3.63. The minimum absolute atomic E-state index is 0.201. The quantitative estimate of drug-likeness (QED) is 0.332. The molecule has 206 valence electrons. The molecule has 0 radical (unpaired) electrons. The number of nitrogens with two attached hydrogens (primary N) is 1. The lowest BCUT2D eigenvalue weighted by Crippen LogP contribution is -2.54. The van der Waals surface area contributed by atoms with Crippen molar-refractivity contribution in [2.24, 2.45) is 5.73 Å². The monoisotopic (exact) mass is 526 g/mol. The first-order valence-corrected chi connectivity index (χ1v) is 13.1. The summed E-state index contributed by atoms with van der Waals surface area (Å²) in [5.74, 6) is -0.823. The van der Waals surface area contributed by atoms with Crippen LogP contribution in [0.4, 0.5) is 4.79 Å². The number of ether oxygens (including phenoxy) is 2. The van der Waals surface area contributed by atoms with E-state index >= 15 is 0 Å². The van der Waals surface area contributed by atoms with E-state index in [1.54, 1.807) is 0 Å². The summed E-state index contributed by atoms with van der Waals surface area (Å²) < 4.78 is 11.7. The van der Waals surface area contributed by atoms with Crippen LogP contribution in [0, 0.1) is 0 Å². The molecule has 10 nitrogen and oxygen atoms in total. The number of carboxylic acids is 1. The first-order valence-electron chi connectivity index (χ1n) is 13.1. The molecule has 0 unspecified atom stereocenters. The zero-order valence-electron chi connectivity index (χ0n) is 21.6. The fourth-order valence-electron chi connectivity index (χ4n) is 4.15. The van der Waals surface area contributed by atoms with Crippen LogP contribution >= 0.6 is 0 Å². The Morgan fingerprint density at radius 3 is 2.50 bits per heavy atom. The third-order valence-electron chi connectivity index (χ3n) is 6.29. The summed E-state index contributed by atoms with van der Waals surface area (Å²) >= 11 is 0. The van der Waals surface area contributed by atoms with Crippen LogP contribution in [0.1, 0.15) is 49.3 Å².